The molecule has 1 aliphatic rings. The Hall–Kier alpha value is -3.15. The van der Waals surface area contributed by atoms with Gasteiger partial charge in [0.15, 0.2) is 5.75 Å². The number of fused-ring (bicyclic) bond motifs is 2. The van der Waals surface area contributed by atoms with Gasteiger partial charge in [-0.2, -0.15) is 0 Å². The zero-order chi connectivity index (χ0) is 18.3. The van der Waals surface area contributed by atoms with Crippen LogP contribution in [0.2, 0.25) is 0 Å². The summed E-state index contributed by atoms with van der Waals surface area (Å²) in [5, 5.41) is 0.807. The Bertz CT molecular complexity index is 1000. The third-order valence-corrected chi connectivity index (χ3v) is 4.62. The topological polar surface area (TPSA) is 51.7 Å². The van der Waals surface area contributed by atoms with Gasteiger partial charge in [-0.1, -0.05) is 12.1 Å². The van der Waals surface area contributed by atoms with Crippen LogP contribution < -0.4 is 9.47 Å². The Morgan fingerprint density at radius 1 is 1.12 bits per heavy atom. The van der Waals surface area contributed by atoms with Crippen LogP contribution in [0.25, 0.3) is 10.9 Å². The first-order valence-corrected chi connectivity index (χ1v) is 8.19. The highest BCUT2D eigenvalue weighted by Gasteiger charge is 2.36. The molecule has 1 aliphatic heterocycles. The van der Waals surface area contributed by atoms with Crippen molar-refractivity contribution in [3.8, 4) is 11.5 Å². The molecule has 0 radical (unpaired) electrons. The van der Waals surface area contributed by atoms with E-state index < -0.39 is 0 Å². The highest BCUT2D eigenvalue weighted by molar-refractivity contribution is 6.08. The van der Waals surface area contributed by atoms with Gasteiger partial charge in [0.25, 0.3) is 5.91 Å². The number of methoxy groups -OCH3 is 2. The number of rotatable bonds is 4. The van der Waals surface area contributed by atoms with Gasteiger partial charge in [-0.15, -0.1) is 0 Å². The van der Waals surface area contributed by atoms with Crippen LogP contribution in [0.4, 0.5) is 4.39 Å². The molecular formula is C20H17FN2O3. The van der Waals surface area contributed by atoms with Crippen molar-refractivity contribution in [3.05, 3.63) is 65.1 Å². The number of pyridine rings is 1. The standard InChI is InChI=1S/C20H17FN2O3/c1-25-18-14-4-3-9-22-17(14)19(26-2)16-15(18)11-23(20(16)24)10-12-5-7-13(21)8-6-12/h3-9H,10-11H2,1-2H3. The smallest absolute Gasteiger partial charge is 0.258 e. The van der Waals surface area contributed by atoms with Gasteiger partial charge in [-0.3, -0.25) is 9.78 Å². The number of hydrogen-bond donors (Lipinski definition) is 0. The third kappa shape index (κ3) is 2.45. The number of aromatic nitrogens is 1. The quantitative estimate of drug-likeness (QED) is 0.721. The zero-order valence-electron chi connectivity index (χ0n) is 14.5. The van der Waals surface area contributed by atoms with Crippen molar-refractivity contribution in [1.82, 2.24) is 9.88 Å². The average molecular weight is 352 g/mol. The predicted molar refractivity (Wildman–Crippen MR) is 94.8 cm³/mol. The molecule has 3 aromatic rings. The fourth-order valence-electron chi connectivity index (χ4n) is 3.47. The van der Waals surface area contributed by atoms with Crippen molar-refractivity contribution in [3.63, 3.8) is 0 Å². The summed E-state index contributed by atoms with van der Waals surface area (Å²) in [6.45, 7) is 0.778. The molecule has 132 valence electrons. The van der Waals surface area contributed by atoms with Crippen LogP contribution in [-0.4, -0.2) is 30.0 Å². The van der Waals surface area contributed by atoms with Crippen LogP contribution >= 0.6 is 0 Å². The van der Waals surface area contributed by atoms with Crippen molar-refractivity contribution in [2.75, 3.05) is 14.2 Å². The van der Waals surface area contributed by atoms with Crippen LogP contribution in [0.3, 0.4) is 0 Å². The average Bonchev–Trinajstić information content (AvgIpc) is 2.98. The second-order valence-electron chi connectivity index (χ2n) is 6.11. The van der Waals surface area contributed by atoms with Gasteiger partial charge in [0.2, 0.25) is 0 Å². The van der Waals surface area contributed by atoms with Gasteiger partial charge in [0, 0.05) is 23.7 Å². The summed E-state index contributed by atoms with van der Waals surface area (Å²) in [5.74, 6) is 0.652. The second-order valence-corrected chi connectivity index (χ2v) is 6.11. The lowest BCUT2D eigenvalue weighted by atomic mass is 10.0. The summed E-state index contributed by atoms with van der Waals surface area (Å²) in [6, 6.07) is 9.86. The summed E-state index contributed by atoms with van der Waals surface area (Å²) < 4.78 is 24.3. The first-order valence-electron chi connectivity index (χ1n) is 8.19. The van der Waals surface area contributed by atoms with Gasteiger partial charge < -0.3 is 14.4 Å². The molecule has 0 unspecified atom stereocenters. The monoisotopic (exact) mass is 352 g/mol. The van der Waals surface area contributed by atoms with Crippen LogP contribution in [0.5, 0.6) is 11.5 Å². The molecule has 0 atom stereocenters. The van der Waals surface area contributed by atoms with E-state index in [1.807, 2.05) is 12.1 Å². The Morgan fingerprint density at radius 3 is 2.54 bits per heavy atom. The number of carbonyl (C=O) groups excluding carboxylic acids is 1. The number of ether oxygens (including phenoxy) is 2. The van der Waals surface area contributed by atoms with Crippen molar-refractivity contribution in [2.24, 2.45) is 0 Å². The van der Waals surface area contributed by atoms with Crippen molar-refractivity contribution >= 4 is 16.8 Å². The molecule has 1 amide bonds. The number of hydrogen-bond acceptors (Lipinski definition) is 4. The van der Waals surface area contributed by atoms with E-state index in [1.165, 1.54) is 19.2 Å². The van der Waals surface area contributed by atoms with Crippen LogP contribution in [0.15, 0.2) is 42.6 Å². The maximum absolute atomic E-state index is 13.1. The normalized spacial score (nSPS) is 13.2. The highest BCUT2D eigenvalue weighted by Crippen LogP contribution is 2.44. The van der Waals surface area contributed by atoms with Crippen molar-refractivity contribution < 1.29 is 18.7 Å². The number of nitrogens with zero attached hydrogens (tertiary/aromatic N) is 2. The lowest BCUT2D eigenvalue weighted by molar-refractivity contribution is 0.0764. The molecule has 0 N–H and O–H groups in total. The molecule has 0 spiro atoms. The zero-order valence-corrected chi connectivity index (χ0v) is 14.5. The molecule has 0 fully saturated rings. The molecule has 0 aliphatic carbocycles. The van der Waals surface area contributed by atoms with Crippen molar-refractivity contribution in [1.29, 1.82) is 0 Å². The Kier molecular flexibility index (Phi) is 3.95. The molecule has 0 bridgehead atoms. The maximum Gasteiger partial charge on any atom is 0.258 e. The lowest BCUT2D eigenvalue weighted by Crippen LogP contribution is -2.23. The molecule has 0 saturated carbocycles. The van der Waals surface area contributed by atoms with Gasteiger partial charge in [0.1, 0.15) is 17.1 Å². The Morgan fingerprint density at radius 2 is 1.85 bits per heavy atom. The molecule has 1 aromatic heterocycles. The van der Waals surface area contributed by atoms with E-state index in [9.17, 15) is 9.18 Å². The first kappa shape index (κ1) is 16.3. The fourth-order valence-corrected chi connectivity index (χ4v) is 3.47. The molecule has 26 heavy (non-hydrogen) atoms. The molecule has 6 heteroatoms. The largest absolute Gasteiger partial charge is 0.496 e. The van der Waals surface area contributed by atoms with Crippen LogP contribution in [0.1, 0.15) is 21.5 Å². The summed E-state index contributed by atoms with van der Waals surface area (Å²) in [6.07, 6.45) is 1.66. The van der Waals surface area contributed by atoms with Crippen molar-refractivity contribution in [2.45, 2.75) is 13.1 Å². The minimum absolute atomic E-state index is 0.146. The molecule has 2 heterocycles. The fraction of sp³-hybridized carbons (Fsp3) is 0.200. The van der Waals surface area contributed by atoms with E-state index in [4.69, 9.17) is 9.47 Å². The molecule has 4 rings (SSSR count). The van der Waals surface area contributed by atoms with Crippen LogP contribution in [-0.2, 0) is 13.1 Å². The number of halogens is 1. The molecule has 0 saturated heterocycles. The Balaban J connectivity index is 1.82. The Labute approximate surface area is 150 Å². The SMILES string of the molecule is COc1c2c(c(OC)c3ncccc13)C(=O)N(Cc1ccc(F)cc1)C2. The first-order chi connectivity index (χ1) is 12.6. The van der Waals surface area contributed by atoms with E-state index in [1.54, 1.807) is 30.3 Å². The van der Waals surface area contributed by atoms with E-state index >= 15 is 0 Å². The van der Waals surface area contributed by atoms with Gasteiger partial charge in [-0.25, -0.2) is 4.39 Å². The van der Waals surface area contributed by atoms with E-state index in [-0.39, 0.29) is 11.7 Å². The van der Waals surface area contributed by atoms with E-state index in [2.05, 4.69) is 4.98 Å². The molecule has 5 nitrogen and oxygen atoms in total. The summed E-state index contributed by atoms with van der Waals surface area (Å²) in [4.78, 5) is 19.1. The summed E-state index contributed by atoms with van der Waals surface area (Å²) >= 11 is 0. The highest BCUT2D eigenvalue weighted by atomic mass is 19.1. The second kappa shape index (κ2) is 6.29. The number of amides is 1. The van der Waals surface area contributed by atoms with Gasteiger partial charge in [-0.05, 0) is 29.8 Å². The summed E-state index contributed by atoms with van der Waals surface area (Å²) in [5.41, 5.74) is 2.73. The maximum atomic E-state index is 13.1. The minimum Gasteiger partial charge on any atom is -0.496 e. The van der Waals surface area contributed by atoms with Crippen LogP contribution in [0, 0.1) is 5.82 Å². The third-order valence-electron chi connectivity index (χ3n) is 4.62. The lowest BCUT2D eigenvalue weighted by Gasteiger charge is -2.15. The number of benzene rings is 2. The summed E-state index contributed by atoms with van der Waals surface area (Å²) in [7, 11) is 3.12. The predicted octanol–water partition coefficient (Wildman–Crippen LogP) is 3.55. The van der Waals surface area contributed by atoms with Gasteiger partial charge in [0.05, 0.1) is 26.3 Å². The van der Waals surface area contributed by atoms with E-state index in [0.717, 1.165) is 16.5 Å². The molecular weight excluding hydrogens is 335 g/mol. The van der Waals surface area contributed by atoms with Gasteiger partial charge >= 0.3 is 0 Å². The number of carbonyl (C=O) groups is 1. The molecule has 2 aromatic carbocycles. The minimum atomic E-state index is -0.301. The van der Waals surface area contributed by atoms with E-state index in [0.29, 0.717) is 35.7 Å².